The second-order valence-electron chi connectivity index (χ2n) is 6.95. The Balaban J connectivity index is -0.00000111. The average molecular weight is 430 g/mol. The molecule has 26 heavy (non-hydrogen) atoms. The number of Topliss-reactive ketones (excluding diaryl/α,β-unsaturated/α-hetero) is 1. The van der Waals surface area contributed by atoms with Crippen molar-refractivity contribution in [1.29, 1.82) is 0 Å². The largest absolute Gasteiger partial charge is 0.317 e. The number of hydrogen-bond acceptors (Lipinski definition) is 1. The summed E-state index contributed by atoms with van der Waals surface area (Å²) in [5, 5.41) is 0. The smallest absolute Gasteiger partial charge is 0.0669 e. The third-order valence-corrected chi connectivity index (χ3v) is 4.85. The summed E-state index contributed by atoms with van der Waals surface area (Å²) >= 11 is 0. The van der Waals surface area contributed by atoms with Gasteiger partial charge < -0.3 is 4.79 Å². The van der Waals surface area contributed by atoms with Crippen LogP contribution in [-0.2, 0) is 43.9 Å². The topological polar surface area (TPSA) is 17.1 Å². The molecule has 0 aliphatic heterocycles. The van der Waals surface area contributed by atoms with Gasteiger partial charge in [0.05, 0.1) is 5.78 Å². The van der Waals surface area contributed by atoms with Crippen LogP contribution in [0.5, 0.6) is 0 Å². The molecule has 1 aromatic rings. The predicted molar refractivity (Wildman–Crippen MR) is 113 cm³/mol. The first-order valence-corrected chi connectivity index (χ1v) is 9.81. The Bertz CT molecular complexity index is 520. The zero-order valence-electron chi connectivity index (χ0n) is 17.5. The van der Waals surface area contributed by atoms with Gasteiger partial charge in [-0.3, -0.25) is 0 Å². The zero-order valence-corrected chi connectivity index (χ0v) is 20.3. The Hall–Kier alpha value is -0.201. The molecule has 3 heteroatoms. The summed E-state index contributed by atoms with van der Waals surface area (Å²) in [5.74, 6) is 1.89. The summed E-state index contributed by atoms with van der Waals surface area (Å²) in [6.45, 7) is 10.4. The van der Waals surface area contributed by atoms with E-state index in [0.717, 1.165) is 29.4 Å². The van der Waals surface area contributed by atoms with E-state index in [9.17, 15) is 4.79 Å². The molecule has 1 nitrogen and oxygen atoms in total. The van der Waals surface area contributed by atoms with Gasteiger partial charge >= 0.3 is 0 Å². The second-order valence-corrected chi connectivity index (χ2v) is 6.95. The molecule has 1 aliphatic carbocycles. The van der Waals surface area contributed by atoms with Crippen molar-refractivity contribution >= 4 is 19.8 Å². The maximum atomic E-state index is 11.7. The molecule has 1 aromatic carbocycles. The van der Waals surface area contributed by atoms with Crippen LogP contribution in [-0.4, -0.2) is 14.2 Å². The molecule has 4 radical (unpaired) electrons. The summed E-state index contributed by atoms with van der Waals surface area (Å²) < 4.78 is 0. The first-order chi connectivity index (χ1) is 11.6. The molecule has 0 unspecified atom stereocenters. The van der Waals surface area contributed by atoms with Crippen molar-refractivity contribution in [3.05, 3.63) is 41.5 Å². The fourth-order valence-corrected chi connectivity index (χ4v) is 3.33. The standard InChI is InChI=1S/C21H29O.C2H6.B.Y.H2/c1-4-5-21(22)14-17(3)20-12-10-19(11-13-20)15-18-8-6-16(2)7-9-18;1-2;;;/h10-13,16,18H,4-9,15H2,1-3H3;1-2H3;;;1H/q-1;;;;/i;;;;1+1. The van der Waals surface area contributed by atoms with E-state index in [-0.39, 0.29) is 48.3 Å². The van der Waals surface area contributed by atoms with E-state index in [2.05, 4.69) is 37.3 Å². The Morgan fingerprint density at radius 2 is 1.65 bits per heavy atom. The molecule has 0 atom stereocenters. The minimum Gasteiger partial charge on any atom is -0.317 e. The molecule has 0 heterocycles. The van der Waals surface area contributed by atoms with E-state index < -0.39 is 0 Å². The van der Waals surface area contributed by atoms with Crippen molar-refractivity contribution in [2.75, 3.05) is 0 Å². The van der Waals surface area contributed by atoms with Crippen molar-refractivity contribution < 1.29 is 38.9 Å². The van der Waals surface area contributed by atoms with Crippen molar-refractivity contribution in [2.24, 2.45) is 11.8 Å². The van der Waals surface area contributed by atoms with Gasteiger partial charge in [0.2, 0.25) is 0 Å². The van der Waals surface area contributed by atoms with Gasteiger partial charge in [-0.1, -0.05) is 71.6 Å². The first-order valence-electron chi connectivity index (χ1n) is 9.81. The van der Waals surface area contributed by atoms with Crippen LogP contribution in [0.1, 0.15) is 85.7 Å². The fraction of sp³-hybridized carbons (Fsp3) is 0.609. The fourth-order valence-electron chi connectivity index (χ4n) is 3.33. The number of carbonyl (C=O) groups excluding carboxylic acids is 1. The van der Waals surface area contributed by atoms with E-state index >= 15 is 0 Å². The van der Waals surface area contributed by atoms with Crippen LogP contribution in [0.4, 0.5) is 0 Å². The molecule has 1 saturated carbocycles. The summed E-state index contributed by atoms with van der Waals surface area (Å²) in [5.41, 5.74) is 3.50. The zero-order chi connectivity index (χ0) is 17.9. The molecule has 0 bridgehead atoms. The van der Waals surface area contributed by atoms with Crippen LogP contribution in [0.15, 0.2) is 24.3 Å². The Kier molecular flexibility index (Phi) is 17.0. The molecular formula is C23H37BOY-. The minimum atomic E-state index is 0. The van der Waals surface area contributed by atoms with Gasteiger partial charge in [0.15, 0.2) is 0 Å². The molecule has 142 valence electrons. The summed E-state index contributed by atoms with van der Waals surface area (Å²) in [6, 6.07) is 8.73. The van der Waals surface area contributed by atoms with E-state index in [4.69, 9.17) is 0 Å². The van der Waals surface area contributed by atoms with Crippen LogP contribution in [0.3, 0.4) is 0 Å². The van der Waals surface area contributed by atoms with Crippen LogP contribution in [0.25, 0.3) is 5.57 Å². The second kappa shape index (κ2) is 15.8. The minimum absolute atomic E-state index is 0. The maximum absolute atomic E-state index is 11.7. The number of carbonyl (C=O) groups is 1. The Morgan fingerprint density at radius 1 is 1.12 bits per heavy atom. The summed E-state index contributed by atoms with van der Waals surface area (Å²) in [7, 11) is 0. The van der Waals surface area contributed by atoms with E-state index in [0.29, 0.717) is 6.42 Å². The number of ketones is 1. The monoisotopic (exact) mass is 430 g/mol. The van der Waals surface area contributed by atoms with Crippen molar-refractivity contribution in [3.8, 4) is 0 Å². The summed E-state index contributed by atoms with van der Waals surface area (Å²) in [4.78, 5) is 11.7. The van der Waals surface area contributed by atoms with Gasteiger partial charge in [-0.2, -0.15) is 5.56 Å². The maximum Gasteiger partial charge on any atom is 0.0669 e. The van der Waals surface area contributed by atoms with Crippen LogP contribution in [0, 0.1) is 17.9 Å². The number of benzene rings is 1. The van der Waals surface area contributed by atoms with Crippen molar-refractivity contribution in [2.45, 2.75) is 79.6 Å². The van der Waals surface area contributed by atoms with Crippen molar-refractivity contribution in [1.82, 2.24) is 0 Å². The molecule has 0 N–H and O–H groups in total. The molecule has 0 saturated heterocycles. The first kappa shape index (κ1) is 28.0. The van der Waals surface area contributed by atoms with Gasteiger partial charge in [-0.25, -0.2) is 11.6 Å². The summed E-state index contributed by atoms with van der Waals surface area (Å²) in [6.07, 6.45) is 11.2. The number of hydrogen-bond donors (Lipinski definition) is 0. The number of allylic oxidation sites excluding steroid dienone is 2. The molecule has 0 aromatic heterocycles. The molecule has 0 spiro atoms. The Labute approximate surface area is 190 Å². The molecular weight excluding hydrogens is 392 g/mol. The number of rotatable bonds is 6. The van der Waals surface area contributed by atoms with Gasteiger partial charge in [0, 0.05) is 42.5 Å². The Morgan fingerprint density at radius 3 is 2.15 bits per heavy atom. The van der Waals surface area contributed by atoms with Gasteiger partial charge in [0.25, 0.3) is 0 Å². The average Bonchev–Trinajstić information content (AvgIpc) is 2.59. The molecule has 2 rings (SSSR count). The van der Waals surface area contributed by atoms with Crippen LogP contribution in [0.2, 0.25) is 0 Å². The normalized spacial score (nSPS) is 19.3. The predicted octanol–water partition coefficient (Wildman–Crippen LogP) is 6.52. The SMILES string of the molecule is CC.CCCC(=O)[C-]=C(C)c1ccc(CC2CCC(C)CC2)cc1.[2HH].[B].[Y]. The van der Waals surface area contributed by atoms with Gasteiger partial charge in [0.1, 0.15) is 0 Å². The quantitative estimate of drug-likeness (QED) is 0.285. The van der Waals surface area contributed by atoms with E-state index in [1.54, 1.807) is 0 Å². The van der Waals surface area contributed by atoms with E-state index in [1.165, 1.54) is 37.7 Å². The van der Waals surface area contributed by atoms with E-state index in [1.807, 2.05) is 27.7 Å². The van der Waals surface area contributed by atoms with Gasteiger partial charge in [-0.05, 0) is 37.5 Å². The molecule has 1 aliphatic rings. The molecule has 0 amide bonds. The van der Waals surface area contributed by atoms with Gasteiger partial charge in [-0.15, -0.1) is 12.1 Å². The van der Waals surface area contributed by atoms with Crippen LogP contribution >= 0.6 is 0 Å². The molecule has 1 fully saturated rings. The van der Waals surface area contributed by atoms with Crippen molar-refractivity contribution in [3.63, 3.8) is 0 Å². The third kappa shape index (κ3) is 10.2. The van der Waals surface area contributed by atoms with Crippen LogP contribution < -0.4 is 0 Å². The third-order valence-electron chi connectivity index (χ3n) is 4.85.